The zero-order chi connectivity index (χ0) is 17.1. The highest BCUT2D eigenvalue weighted by Gasteiger charge is 2.25. The maximum absolute atomic E-state index is 12.9. The molecule has 0 aliphatic carbocycles. The van der Waals surface area contributed by atoms with Gasteiger partial charge in [-0.3, -0.25) is 9.78 Å². The number of carbonyl (C=O) groups excluding carboxylic acids is 1. The molecule has 2 heterocycles. The molecule has 1 aliphatic heterocycles. The number of benzene rings is 2. The van der Waals surface area contributed by atoms with Gasteiger partial charge in [0.15, 0.2) is 0 Å². The second-order valence-electron chi connectivity index (χ2n) is 6.35. The lowest BCUT2D eigenvalue weighted by molar-refractivity contribution is -0.0208. The Morgan fingerprint density at radius 1 is 1.12 bits per heavy atom. The zero-order valence-corrected chi connectivity index (χ0v) is 14.0. The van der Waals surface area contributed by atoms with E-state index in [4.69, 9.17) is 4.74 Å². The van der Waals surface area contributed by atoms with Crippen molar-refractivity contribution in [2.45, 2.75) is 12.5 Å². The van der Waals surface area contributed by atoms with E-state index in [1.807, 2.05) is 53.4 Å². The third-order valence-corrected chi connectivity index (χ3v) is 4.57. The van der Waals surface area contributed by atoms with Crippen LogP contribution < -0.4 is 0 Å². The molecule has 0 spiro atoms. The van der Waals surface area contributed by atoms with Crippen LogP contribution in [0.25, 0.3) is 10.9 Å². The van der Waals surface area contributed by atoms with Crippen molar-refractivity contribution in [1.29, 1.82) is 0 Å². The summed E-state index contributed by atoms with van der Waals surface area (Å²) in [6.45, 7) is 1.81. The third-order valence-electron chi connectivity index (χ3n) is 4.57. The van der Waals surface area contributed by atoms with Crippen molar-refractivity contribution >= 4 is 16.8 Å². The van der Waals surface area contributed by atoms with E-state index in [1.54, 1.807) is 6.20 Å². The van der Waals surface area contributed by atoms with Crippen LogP contribution in [0.5, 0.6) is 0 Å². The van der Waals surface area contributed by atoms with Gasteiger partial charge in [-0.1, -0.05) is 48.5 Å². The molecule has 1 aliphatic rings. The molecule has 1 saturated heterocycles. The molecular weight excluding hydrogens is 312 g/mol. The summed E-state index contributed by atoms with van der Waals surface area (Å²) in [6, 6.07) is 20.0. The van der Waals surface area contributed by atoms with E-state index in [-0.39, 0.29) is 12.0 Å². The zero-order valence-electron chi connectivity index (χ0n) is 14.0. The van der Waals surface area contributed by atoms with Crippen LogP contribution in [0.4, 0.5) is 0 Å². The second kappa shape index (κ2) is 7.03. The number of aromatic nitrogens is 1. The van der Waals surface area contributed by atoms with Crippen molar-refractivity contribution in [1.82, 2.24) is 9.88 Å². The molecule has 4 rings (SSSR count). The van der Waals surface area contributed by atoms with Crippen molar-refractivity contribution in [3.8, 4) is 0 Å². The predicted octanol–water partition coefficient (Wildman–Crippen LogP) is 3.32. The Balaban J connectivity index is 1.49. The summed E-state index contributed by atoms with van der Waals surface area (Å²) < 4.78 is 5.86. The Labute approximate surface area is 147 Å². The summed E-state index contributed by atoms with van der Waals surface area (Å²) in [6.07, 6.45) is 2.53. The van der Waals surface area contributed by atoms with Gasteiger partial charge < -0.3 is 9.64 Å². The highest BCUT2D eigenvalue weighted by atomic mass is 16.5. The molecule has 126 valence electrons. The van der Waals surface area contributed by atoms with Crippen LogP contribution in [0, 0.1) is 0 Å². The fourth-order valence-electron chi connectivity index (χ4n) is 3.27. The summed E-state index contributed by atoms with van der Waals surface area (Å²) in [5.41, 5.74) is 2.77. The maximum Gasteiger partial charge on any atom is 0.255 e. The quantitative estimate of drug-likeness (QED) is 0.739. The molecule has 1 atom stereocenters. The highest BCUT2D eigenvalue weighted by Crippen LogP contribution is 2.17. The summed E-state index contributed by atoms with van der Waals surface area (Å²) >= 11 is 0. The normalized spacial score (nSPS) is 17.6. The average molecular weight is 332 g/mol. The first kappa shape index (κ1) is 15.8. The number of ether oxygens (including phenoxy) is 1. The smallest absolute Gasteiger partial charge is 0.255 e. The van der Waals surface area contributed by atoms with Gasteiger partial charge in [0, 0.05) is 31.1 Å². The van der Waals surface area contributed by atoms with Crippen LogP contribution in [0.1, 0.15) is 15.9 Å². The standard InChI is InChI=1S/C21H20N2O2/c24-21(18-13-17-8-4-5-9-20(17)22-14-18)23-10-11-25-19(15-23)12-16-6-2-1-3-7-16/h1-9,13-14,19H,10-12,15H2. The first-order valence-electron chi connectivity index (χ1n) is 8.59. The number of carbonyl (C=O) groups is 1. The molecule has 0 N–H and O–H groups in total. The Morgan fingerprint density at radius 2 is 1.92 bits per heavy atom. The molecule has 4 heteroatoms. The van der Waals surface area contributed by atoms with Crippen LogP contribution in [0.3, 0.4) is 0 Å². The van der Waals surface area contributed by atoms with E-state index < -0.39 is 0 Å². The fraction of sp³-hybridized carbons (Fsp3) is 0.238. The van der Waals surface area contributed by atoms with Gasteiger partial charge in [-0.15, -0.1) is 0 Å². The lowest BCUT2D eigenvalue weighted by Gasteiger charge is -2.33. The summed E-state index contributed by atoms with van der Waals surface area (Å²) in [7, 11) is 0. The van der Waals surface area contributed by atoms with E-state index in [1.165, 1.54) is 5.56 Å². The highest BCUT2D eigenvalue weighted by molar-refractivity contribution is 5.97. The summed E-state index contributed by atoms with van der Waals surface area (Å²) in [5, 5.41) is 0.988. The van der Waals surface area contributed by atoms with Crippen LogP contribution in [-0.4, -0.2) is 41.6 Å². The second-order valence-corrected chi connectivity index (χ2v) is 6.35. The molecule has 0 bridgehead atoms. The van der Waals surface area contributed by atoms with E-state index in [0.717, 1.165) is 17.3 Å². The summed E-state index contributed by atoms with van der Waals surface area (Å²) in [5.74, 6) is 0.0274. The summed E-state index contributed by atoms with van der Waals surface area (Å²) in [4.78, 5) is 19.2. The molecule has 1 aromatic heterocycles. The number of hydrogen-bond acceptors (Lipinski definition) is 3. The Kier molecular flexibility index (Phi) is 4.44. The minimum absolute atomic E-state index is 0.0274. The van der Waals surface area contributed by atoms with Gasteiger partial charge in [-0.05, 0) is 17.7 Å². The number of pyridine rings is 1. The van der Waals surface area contributed by atoms with Gasteiger partial charge in [-0.2, -0.15) is 0 Å². The van der Waals surface area contributed by atoms with Gasteiger partial charge in [0.2, 0.25) is 0 Å². The Morgan fingerprint density at radius 3 is 2.80 bits per heavy atom. The van der Waals surface area contributed by atoms with Crippen molar-refractivity contribution in [2.75, 3.05) is 19.7 Å². The monoisotopic (exact) mass is 332 g/mol. The molecule has 0 saturated carbocycles. The van der Waals surface area contributed by atoms with E-state index in [0.29, 0.717) is 25.3 Å². The van der Waals surface area contributed by atoms with Crippen LogP contribution in [-0.2, 0) is 11.2 Å². The van der Waals surface area contributed by atoms with Crippen molar-refractivity contribution in [2.24, 2.45) is 0 Å². The topological polar surface area (TPSA) is 42.4 Å². The van der Waals surface area contributed by atoms with Gasteiger partial charge in [0.1, 0.15) is 0 Å². The van der Waals surface area contributed by atoms with E-state index in [2.05, 4.69) is 17.1 Å². The Bertz CT molecular complexity index is 879. The van der Waals surface area contributed by atoms with Crippen molar-refractivity contribution in [3.05, 3.63) is 78.0 Å². The van der Waals surface area contributed by atoms with E-state index >= 15 is 0 Å². The molecular formula is C21H20N2O2. The van der Waals surface area contributed by atoms with Gasteiger partial charge in [-0.25, -0.2) is 0 Å². The van der Waals surface area contributed by atoms with Crippen molar-refractivity contribution in [3.63, 3.8) is 0 Å². The lowest BCUT2D eigenvalue weighted by Crippen LogP contribution is -2.46. The number of hydrogen-bond donors (Lipinski definition) is 0. The fourth-order valence-corrected chi connectivity index (χ4v) is 3.27. The third kappa shape index (κ3) is 3.54. The number of fused-ring (bicyclic) bond motifs is 1. The Hall–Kier alpha value is -2.72. The molecule has 3 aromatic rings. The van der Waals surface area contributed by atoms with Crippen molar-refractivity contribution < 1.29 is 9.53 Å². The molecule has 1 fully saturated rings. The minimum atomic E-state index is 0.0274. The predicted molar refractivity (Wildman–Crippen MR) is 97.5 cm³/mol. The van der Waals surface area contributed by atoms with Crippen LogP contribution in [0.2, 0.25) is 0 Å². The number of rotatable bonds is 3. The average Bonchev–Trinajstić information content (AvgIpc) is 2.68. The largest absolute Gasteiger partial charge is 0.374 e. The first-order valence-corrected chi connectivity index (χ1v) is 8.59. The molecule has 2 aromatic carbocycles. The number of morpholine rings is 1. The van der Waals surface area contributed by atoms with Crippen LogP contribution in [0.15, 0.2) is 66.9 Å². The number of amides is 1. The molecule has 0 radical (unpaired) electrons. The number of para-hydroxylation sites is 1. The minimum Gasteiger partial charge on any atom is -0.374 e. The number of nitrogens with zero attached hydrogens (tertiary/aromatic N) is 2. The molecule has 25 heavy (non-hydrogen) atoms. The SMILES string of the molecule is O=C(c1cnc2ccccc2c1)N1CCOC(Cc2ccccc2)C1. The first-order chi connectivity index (χ1) is 12.3. The van der Waals surface area contributed by atoms with E-state index in [9.17, 15) is 4.79 Å². The molecule has 4 nitrogen and oxygen atoms in total. The maximum atomic E-state index is 12.9. The van der Waals surface area contributed by atoms with Gasteiger partial charge in [0.05, 0.1) is 23.8 Å². The molecule has 1 unspecified atom stereocenters. The van der Waals surface area contributed by atoms with Crippen LogP contribution >= 0.6 is 0 Å². The lowest BCUT2D eigenvalue weighted by atomic mass is 10.1. The molecule has 1 amide bonds. The van der Waals surface area contributed by atoms with Gasteiger partial charge >= 0.3 is 0 Å². The van der Waals surface area contributed by atoms with Gasteiger partial charge in [0.25, 0.3) is 5.91 Å².